The van der Waals surface area contributed by atoms with Crippen molar-refractivity contribution in [1.82, 2.24) is 10.2 Å². The number of aliphatic hydroxyl groups is 1. The lowest BCUT2D eigenvalue weighted by Crippen LogP contribution is -2.49. The summed E-state index contributed by atoms with van der Waals surface area (Å²) in [6, 6.07) is 11.8. The van der Waals surface area contributed by atoms with E-state index in [-0.39, 0.29) is 35.3 Å². The first kappa shape index (κ1) is 22.8. The van der Waals surface area contributed by atoms with Crippen molar-refractivity contribution in [2.45, 2.75) is 31.3 Å². The Bertz CT molecular complexity index is 1060. The van der Waals surface area contributed by atoms with E-state index < -0.39 is 23.3 Å². The predicted molar refractivity (Wildman–Crippen MR) is 123 cm³/mol. The highest BCUT2D eigenvalue weighted by molar-refractivity contribution is 5.90. The third kappa shape index (κ3) is 4.15. The van der Waals surface area contributed by atoms with Crippen molar-refractivity contribution in [3.63, 3.8) is 0 Å². The zero-order valence-corrected chi connectivity index (χ0v) is 18.8. The van der Waals surface area contributed by atoms with Crippen molar-refractivity contribution in [2.24, 2.45) is 23.7 Å². The smallest absolute Gasteiger partial charge is 0.321 e. The number of urea groups is 1. The van der Waals surface area contributed by atoms with E-state index >= 15 is 0 Å². The Kier molecular flexibility index (Phi) is 6.02. The van der Waals surface area contributed by atoms with Crippen LogP contribution in [-0.4, -0.2) is 41.6 Å². The van der Waals surface area contributed by atoms with Crippen LogP contribution in [0.4, 0.5) is 19.3 Å². The van der Waals surface area contributed by atoms with Crippen molar-refractivity contribution in [2.75, 3.05) is 25.0 Å². The lowest BCUT2D eigenvalue weighted by atomic mass is 9.79. The molecule has 1 aliphatic heterocycles. The number of hydrogen-bond acceptors (Lipinski definition) is 3. The normalized spacial score (nSPS) is 25.5. The summed E-state index contributed by atoms with van der Waals surface area (Å²) in [7, 11) is 0. The molecule has 6 nitrogen and oxygen atoms in total. The Morgan fingerprint density at radius 1 is 1.03 bits per heavy atom. The van der Waals surface area contributed by atoms with Gasteiger partial charge in [0.25, 0.3) is 5.91 Å². The molecule has 2 saturated carbocycles. The SMILES string of the molecule is O=C(Nc1ccc(F)cc1F)N1CC2C(CNC(=O)C(O)(c3ccccc3)C3CCCC3)C2C1. The third-order valence-electron chi connectivity index (χ3n) is 7.84. The fourth-order valence-corrected chi connectivity index (χ4v) is 5.84. The highest BCUT2D eigenvalue weighted by Crippen LogP contribution is 2.51. The summed E-state index contributed by atoms with van der Waals surface area (Å²) in [6.07, 6.45) is 3.68. The molecule has 1 heterocycles. The first-order valence-electron chi connectivity index (χ1n) is 11.9. The number of rotatable bonds is 6. The van der Waals surface area contributed by atoms with Crippen LogP contribution < -0.4 is 10.6 Å². The molecule has 2 aromatic carbocycles. The van der Waals surface area contributed by atoms with Crippen LogP contribution in [0, 0.1) is 35.3 Å². The Hall–Kier alpha value is -3.00. The summed E-state index contributed by atoms with van der Waals surface area (Å²) in [4.78, 5) is 27.3. The largest absolute Gasteiger partial charge is 0.375 e. The van der Waals surface area contributed by atoms with Gasteiger partial charge in [0, 0.05) is 31.6 Å². The van der Waals surface area contributed by atoms with Gasteiger partial charge in [-0.3, -0.25) is 4.79 Å². The van der Waals surface area contributed by atoms with Crippen LogP contribution in [0.1, 0.15) is 31.2 Å². The standard InChI is InChI=1S/C26H29F2N3O3/c27-18-10-11-23(22(28)12-18)30-25(33)31-14-20-19(21(20)15-31)13-29-24(32)26(34,17-8-4-5-9-17)16-6-2-1-3-7-16/h1-3,6-7,10-12,17,19-21,34H,4-5,8-9,13-15H2,(H,29,32)(H,30,33). The number of hydrogen-bond donors (Lipinski definition) is 3. The highest BCUT2D eigenvalue weighted by atomic mass is 19.1. The molecule has 0 bridgehead atoms. The van der Waals surface area contributed by atoms with Crippen LogP contribution in [0.2, 0.25) is 0 Å². The number of likely N-dealkylation sites (tertiary alicyclic amines) is 1. The molecule has 3 unspecified atom stereocenters. The third-order valence-corrected chi connectivity index (χ3v) is 7.84. The molecule has 3 atom stereocenters. The van der Waals surface area contributed by atoms with Crippen LogP contribution >= 0.6 is 0 Å². The van der Waals surface area contributed by atoms with Crippen LogP contribution in [0.15, 0.2) is 48.5 Å². The first-order valence-corrected chi connectivity index (χ1v) is 11.9. The lowest BCUT2D eigenvalue weighted by molar-refractivity contribution is -0.147. The summed E-state index contributed by atoms with van der Waals surface area (Å²) in [5.41, 5.74) is -0.957. The molecular weight excluding hydrogens is 440 g/mol. The summed E-state index contributed by atoms with van der Waals surface area (Å²) in [5.74, 6) is -1.18. The van der Waals surface area contributed by atoms with Gasteiger partial charge in [-0.2, -0.15) is 0 Å². The highest BCUT2D eigenvalue weighted by Gasteiger charge is 2.57. The molecule has 1 saturated heterocycles. The summed E-state index contributed by atoms with van der Waals surface area (Å²) >= 11 is 0. The minimum absolute atomic E-state index is 0.0529. The molecule has 3 amide bonds. The summed E-state index contributed by atoms with van der Waals surface area (Å²) in [5, 5.41) is 17.0. The fourth-order valence-electron chi connectivity index (χ4n) is 5.84. The molecular formula is C26H29F2N3O3. The van der Waals surface area contributed by atoms with Gasteiger partial charge in [-0.15, -0.1) is 0 Å². The molecule has 3 fully saturated rings. The van der Waals surface area contributed by atoms with Gasteiger partial charge in [0.1, 0.15) is 11.6 Å². The van der Waals surface area contributed by atoms with E-state index in [1.54, 1.807) is 4.90 Å². The second-order valence-corrected chi connectivity index (χ2v) is 9.77. The van der Waals surface area contributed by atoms with E-state index in [2.05, 4.69) is 10.6 Å². The Morgan fingerprint density at radius 2 is 1.71 bits per heavy atom. The van der Waals surface area contributed by atoms with E-state index in [4.69, 9.17) is 0 Å². The number of halogens is 2. The molecule has 34 heavy (non-hydrogen) atoms. The van der Waals surface area contributed by atoms with Crippen molar-refractivity contribution in [3.8, 4) is 0 Å². The molecule has 2 aliphatic carbocycles. The van der Waals surface area contributed by atoms with E-state index in [1.165, 1.54) is 6.07 Å². The second kappa shape index (κ2) is 8.98. The number of piperidine rings is 1. The Balaban J connectivity index is 1.15. The first-order chi connectivity index (χ1) is 16.4. The molecule has 0 radical (unpaired) electrons. The number of benzene rings is 2. The maximum absolute atomic E-state index is 13.8. The zero-order chi connectivity index (χ0) is 23.9. The van der Waals surface area contributed by atoms with Crippen LogP contribution in [-0.2, 0) is 10.4 Å². The number of carbonyl (C=O) groups excluding carboxylic acids is 2. The quantitative estimate of drug-likeness (QED) is 0.601. The fraction of sp³-hybridized carbons (Fsp3) is 0.462. The average Bonchev–Trinajstić information content (AvgIpc) is 3.24. The monoisotopic (exact) mass is 469 g/mol. The van der Waals surface area contributed by atoms with E-state index in [9.17, 15) is 23.5 Å². The van der Waals surface area contributed by atoms with Gasteiger partial charge < -0.3 is 20.6 Å². The number of amides is 3. The molecule has 2 aromatic rings. The van der Waals surface area contributed by atoms with Gasteiger partial charge >= 0.3 is 6.03 Å². The second-order valence-electron chi connectivity index (χ2n) is 9.77. The van der Waals surface area contributed by atoms with Gasteiger partial charge in [-0.25, -0.2) is 13.6 Å². The van der Waals surface area contributed by atoms with E-state index in [0.717, 1.165) is 37.8 Å². The molecule has 3 N–H and O–H groups in total. The minimum Gasteiger partial charge on any atom is -0.375 e. The number of anilines is 1. The van der Waals surface area contributed by atoms with Crippen LogP contribution in [0.25, 0.3) is 0 Å². The predicted octanol–water partition coefficient (Wildman–Crippen LogP) is 3.87. The molecule has 0 aromatic heterocycles. The number of fused-ring (bicyclic) bond motifs is 1. The lowest BCUT2D eigenvalue weighted by Gasteiger charge is -2.33. The van der Waals surface area contributed by atoms with Crippen LogP contribution in [0.3, 0.4) is 0 Å². The molecule has 8 heteroatoms. The Labute approximate surface area is 197 Å². The molecule has 5 rings (SSSR count). The zero-order valence-electron chi connectivity index (χ0n) is 18.8. The van der Waals surface area contributed by atoms with Crippen molar-refractivity contribution in [3.05, 3.63) is 65.7 Å². The van der Waals surface area contributed by atoms with Crippen molar-refractivity contribution >= 4 is 17.6 Å². The molecule has 180 valence electrons. The van der Waals surface area contributed by atoms with Gasteiger partial charge in [0.15, 0.2) is 5.60 Å². The molecule has 3 aliphatic rings. The Morgan fingerprint density at radius 3 is 2.35 bits per heavy atom. The van der Waals surface area contributed by atoms with Crippen molar-refractivity contribution in [1.29, 1.82) is 0 Å². The number of nitrogens with one attached hydrogen (secondary N) is 2. The van der Waals surface area contributed by atoms with E-state index in [0.29, 0.717) is 25.2 Å². The summed E-state index contributed by atoms with van der Waals surface area (Å²) in [6.45, 7) is 1.49. The maximum atomic E-state index is 13.8. The summed E-state index contributed by atoms with van der Waals surface area (Å²) < 4.78 is 26.9. The maximum Gasteiger partial charge on any atom is 0.321 e. The van der Waals surface area contributed by atoms with Gasteiger partial charge in [0.05, 0.1) is 5.69 Å². The van der Waals surface area contributed by atoms with Crippen LogP contribution in [0.5, 0.6) is 0 Å². The number of nitrogens with zero attached hydrogens (tertiary/aromatic N) is 1. The van der Waals surface area contributed by atoms with E-state index in [1.807, 2.05) is 30.3 Å². The number of carbonyl (C=O) groups is 2. The molecule has 0 spiro atoms. The van der Waals surface area contributed by atoms with Gasteiger partial charge in [0.2, 0.25) is 0 Å². The average molecular weight is 470 g/mol. The minimum atomic E-state index is -1.53. The topological polar surface area (TPSA) is 81.7 Å². The van der Waals surface area contributed by atoms with Gasteiger partial charge in [-0.1, -0.05) is 43.2 Å². The van der Waals surface area contributed by atoms with Gasteiger partial charge in [-0.05, 0) is 48.3 Å². The van der Waals surface area contributed by atoms with Crippen molar-refractivity contribution < 1.29 is 23.5 Å².